The minimum Gasteiger partial charge on any atom is -0.461 e. The Kier molecular flexibility index (Phi) is 4.52. The summed E-state index contributed by atoms with van der Waals surface area (Å²) >= 11 is 1.35. The Labute approximate surface area is 160 Å². The van der Waals surface area contributed by atoms with Crippen molar-refractivity contribution < 1.29 is 17.6 Å². The summed E-state index contributed by atoms with van der Waals surface area (Å²) in [6.45, 7) is 2.66. The van der Waals surface area contributed by atoms with E-state index in [2.05, 4.69) is 10.2 Å². The summed E-state index contributed by atoms with van der Waals surface area (Å²) in [5.41, 5.74) is 0.222. The molecule has 1 aliphatic heterocycles. The average molecular weight is 404 g/mol. The maximum atomic E-state index is 12.6. The lowest BCUT2D eigenvalue weighted by atomic mass is 10.2. The summed E-state index contributed by atoms with van der Waals surface area (Å²) in [6, 6.07) is 9.84. The first-order chi connectivity index (χ1) is 13.0. The van der Waals surface area contributed by atoms with E-state index < -0.39 is 15.9 Å². The van der Waals surface area contributed by atoms with Gasteiger partial charge in [0.05, 0.1) is 11.8 Å². The van der Waals surface area contributed by atoms with Gasteiger partial charge < -0.3 is 4.42 Å². The van der Waals surface area contributed by atoms with Gasteiger partial charge in [-0.1, -0.05) is 23.9 Å². The molecule has 0 saturated heterocycles. The lowest BCUT2D eigenvalue weighted by molar-refractivity contribution is 0.0876. The van der Waals surface area contributed by atoms with E-state index >= 15 is 0 Å². The molecule has 8 nitrogen and oxygen atoms in total. The van der Waals surface area contributed by atoms with Crippen LogP contribution in [0.2, 0.25) is 0 Å². The third kappa shape index (κ3) is 2.94. The van der Waals surface area contributed by atoms with E-state index in [0.717, 1.165) is 4.31 Å². The molecule has 10 heteroatoms. The normalized spacial score (nSPS) is 15.3. The maximum absolute atomic E-state index is 12.6. The zero-order valence-electron chi connectivity index (χ0n) is 14.4. The number of sulfonamides is 1. The number of carbonyl (C=O) groups excluding carboxylic acids is 1. The van der Waals surface area contributed by atoms with Gasteiger partial charge in [-0.15, -0.1) is 10.2 Å². The van der Waals surface area contributed by atoms with Crippen molar-refractivity contribution in [3.63, 3.8) is 0 Å². The second-order valence-electron chi connectivity index (χ2n) is 5.75. The van der Waals surface area contributed by atoms with E-state index in [9.17, 15) is 13.2 Å². The van der Waals surface area contributed by atoms with Gasteiger partial charge in [-0.2, -0.15) is 0 Å². The number of carbonyl (C=O) groups is 1. The number of nitrogens with zero attached hydrogens (tertiary/aromatic N) is 4. The molecule has 0 aliphatic carbocycles. The van der Waals surface area contributed by atoms with Crippen LogP contribution in [-0.2, 0) is 16.6 Å². The predicted octanol–water partition coefficient (Wildman–Crippen LogP) is 2.49. The third-order valence-corrected chi connectivity index (χ3v) is 7.00. The van der Waals surface area contributed by atoms with Crippen LogP contribution in [0, 0.1) is 0 Å². The molecule has 0 N–H and O–H groups in total. The molecule has 1 aliphatic rings. The van der Waals surface area contributed by atoms with Crippen molar-refractivity contribution >= 4 is 27.7 Å². The lowest BCUT2D eigenvalue weighted by Gasteiger charge is -2.14. The van der Waals surface area contributed by atoms with Crippen LogP contribution >= 0.6 is 11.8 Å². The first kappa shape index (κ1) is 17.8. The SMILES string of the molecule is CCn1c(SCCN2C(=O)c3ccccc3S2(=O)=O)nnc1-c1ccco1. The first-order valence-electron chi connectivity index (χ1n) is 8.30. The molecule has 2 aromatic heterocycles. The van der Waals surface area contributed by atoms with Crippen LogP contribution in [0.1, 0.15) is 17.3 Å². The number of furan rings is 1. The van der Waals surface area contributed by atoms with Gasteiger partial charge in [0.25, 0.3) is 15.9 Å². The molecule has 27 heavy (non-hydrogen) atoms. The van der Waals surface area contributed by atoms with Crippen LogP contribution in [0.4, 0.5) is 0 Å². The van der Waals surface area contributed by atoms with Crippen molar-refractivity contribution in [2.45, 2.75) is 23.5 Å². The van der Waals surface area contributed by atoms with Crippen LogP contribution in [-0.4, -0.2) is 45.7 Å². The summed E-state index contributed by atoms with van der Waals surface area (Å²) in [6.07, 6.45) is 1.57. The van der Waals surface area contributed by atoms with E-state index in [1.54, 1.807) is 30.5 Å². The number of benzene rings is 1. The fourth-order valence-electron chi connectivity index (χ4n) is 2.94. The van der Waals surface area contributed by atoms with Crippen LogP contribution in [0.25, 0.3) is 11.6 Å². The molecule has 140 valence electrons. The van der Waals surface area contributed by atoms with Crippen LogP contribution in [0.15, 0.2) is 57.1 Å². The number of thioether (sulfide) groups is 1. The van der Waals surface area contributed by atoms with Crippen molar-refractivity contribution in [1.82, 2.24) is 19.1 Å². The highest BCUT2D eigenvalue weighted by Crippen LogP contribution is 2.31. The molecule has 0 fully saturated rings. The van der Waals surface area contributed by atoms with Gasteiger partial charge in [0, 0.05) is 18.8 Å². The first-order valence-corrected chi connectivity index (χ1v) is 10.7. The van der Waals surface area contributed by atoms with E-state index in [0.29, 0.717) is 29.0 Å². The zero-order chi connectivity index (χ0) is 19.0. The van der Waals surface area contributed by atoms with Crippen LogP contribution in [0.3, 0.4) is 0 Å². The average Bonchev–Trinajstić information content (AvgIpc) is 3.36. The second kappa shape index (κ2) is 6.86. The minimum absolute atomic E-state index is 0.0627. The molecule has 4 rings (SSSR count). The van der Waals surface area contributed by atoms with Gasteiger partial charge in [-0.05, 0) is 31.2 Å². The van der Waals surface area contributed by atoms with Gasteiger partial charge in [0.15, 0.2) is 16.7 Å². The van der Waals surface area contributed by atoms with Crippen molar-refractivity contribution in [2.75, 3.05) is 12.3 Å². The highest BCUT2D eigenvalue weighted by Gasteiger charge is 2.40. The fraction of sp³-hybridized carbons (Fsp3) is 0.235. The Hall–Kier alpha value is -2.59. The summed E-state index contributed by atoms with van der Waals surface area (Å²) in [4.78, 5) is 12.5. The Balaban J connectivity index is 1.49. The largest absolute Gasteiger partial charge is 0.461 e. The molecule has 3 heterocycles. The van der Waals surface area contributed by atoms with Crippen molar-refractivity contribution in [3.8, 4) is 11.6 Å². The molecule has 0 radical (unpaired) electrons. The molecule has 3 aromatic rings. The maximum Gasteiger partial charge on any atom is 0.269 e. The number of hydrogen-bond donors (Lipinski definition) is 0. The minimum atomic E-state index is -3.78. The van der Waals surface area contributed by atoms with Gasteiger partial charge >= 0.3 is 0 Å². The van der Waals surface area contributed by atoms with Gasteiger partial charge in [-0.3, -0.25) is 9.36 Å². The molecular formula is C17H16N4O4S2. The molecular weight excluding hydrogens is 388 g/mol. The zero-order valence-corrected chi connectivity index (χ0v) is 16.0. The summed E-state index contributed by atoms with van der Waals surface area (Å²) < 4.78 is 33.3. The predicted molar refractivity (Wildman–Crippen MR) is 98.8 cm³/mol. The van der Waals surface area contributed by atoms with E-state index in [-0.39, 0.29) is 17.0 Å². The fourth-order valence-corrected chi connectivity index (χ4v) is 5.55. The topological polar surface area (TPSA) is 98.3 Å². The van der Waals surface area contributed by atoms with Crippen molar-refractivity contribution in [3.05, 3.63) is 48.2 Å². The van der Waals surface area contributed by atoms with Crippen LogP contribution in [0.5, 0.6) is 0 Å². The van der Waals surface area contributed by atoms with Gasteiger partial charge in [0.1, 0.15) is 4.90 Å². The molecule has 0 bridgehead atoms. The standard InChI is InChI=1S/C17H16N4O4S2/c1-2-20-15(13-7-5-10-25-13)18-19-17(20)26-11-9-21-16(22)12-6-3-4-8-14(12)27(21,23)24/h3-8,10H,2,9,11H2,1H3. The highest BCUT2D eigenvalue weighted by molar-refractivity contribution is 7.99. The number of amides is 1. The third-order valence-electron chi connectivity index (χ3n) is 4.21. The Morgan fingerprint density at radius 2 is 1.96 bits per heavy atom. The van der Waals surface area contributed by atoms with Crippen molar-refractivity contribution in [1.29, 1.82) is 0 Å². The molecule has 0 unspecified atom stereocenters. The van der Waals surface area contributed by atoms with E-state index in [1.807, 2.05) is 11.5 Å². The van der Waals surface area contributed by atoms with Gasteiger partial charge in [-0.25, -0.2) is 12.7 Å². The monoisotopic (exact) mass is 404 g/mol. The highest BCUT2D eigenvalue weighted by atomic mass is 32.2. The molecule has 0 saturated carbocycles. The second-order valence-corrected chi connectivity index (χ2v) is 8.65. The summed E-state index contributed by atoms with van der Waals surface area (Å²) in [7, 11) is -3.78. The van der Waals surface area contributed by atoms with E-state index in [1.165, 1.54) is 23.9 Å². The van der Waals surface area contributed by atoms with E-state index in [4.69, 9.17) is 4.42 Å². The quantitative estimate of drug-likeness (QED) is 0.582. The van der Waals surface area contributed by atoms with Crippen LogP contribution < -0.4 is 0 Å². The van der Waals surface area contributed by atoms with Gasteiger partial charge in [0.2, 0.25) is 0 Å². The Bertz CT molecular complexity index is 1090. The number of aromatic nitrogens is 3. The molecule has 1 aromatic carbocycles. The summed E-state index contributed by atoms with van der Waals surface area (Å²) in [5, 5.41) is 8.96. The molecule has 0 atom stereocenters. The molecule has 0 spiro atoms. The lowest BCUT2D eigenvalue weighted by Crippen LogP contribution is -2.32. The number of fused-ring (bicyclic) bond motifs is 1. The van der Waals surface area contributed by atoms with Crippen molar-refractivity contribution in [2.24, 2.45) is 0 Å². The smallest absolute Gasteiger partial charge is 0.269 e. The Morgan fingerprint density at radius 3 is 2.67 bits per heavy atom. The number of hydrogen-bond acceptors (Lipinski definition) is 7. The Morgan fingerprint density at radius 1 is 1.15 bits per heavy atom. The summed E-state index contributed by atoms with van der Waals surface area (Å²) in [5.74, 6) is 1.11. The molecule has 1 amide bonds. The number of rotatable bonds is 6.